The van der Waals surface area contributed by atoms with Gasteiger partial charge in [0.1, 0.15) is 5.75 Å². The van der Waals surface area contributed by atoms with Crippen LogP contribution in [0.25, 0.3) is 0 Å². The van der Waals surface area contributed by atoms with E-state index in [1.165, 1.54) is 12.8 Å². The summed E-state index contributed by atoms with van der Waals surface area (Å²) in [7, 11) is 1.72. The summed E-state index contributed by atoms with van der Waals surface area (Å²) in [6.07, 6.45) is 3.60. The van der Waals surface area contributed by atoms with Crippen molar-refractivity contribution < 1.29 is 14.6 Å². The Bertz CT molecular complexity index is 531. The van der Waals surface area contributed by atoms with E-state index in [1.54, 1.807) is 7.11 Å². The first-order chi connectivity index (χ1) is 12.2. The van der Waals surface area contributed by atoms with Gasteiger partial charge in [0.05, 0.1) is 31.6 Å². The summed E-state index contributed by atoms with van der Waals surface area (Å²) in [4.78, 5) is 4.69. The van der Waals surface area contributed by atoms with E-state index in [0.29, 0.717) is 25.2 Å². The molecule has 25 heavy (non-hydrogen) atoms. The van der Waals surface area contributed by atoms with Crippen LogP contribution in [0.1, 0.15) is 26.2 Å². The van der Waals surface area contributed by atoms with Gasteiger partial charge in [-0.25, -0.2) is 0 Å². The zero-order chi connectivity index (χ0) is 17.6. The lowest BCUT2D eigenvalue weighted by Gasteiger charge is -2.37. The SMILES string of the molecule is COc1ccccc1N1CCN(C[C@@H](O)CO[C@@H]2CCC[C@H]2C)CC1. The van der Waals surface area contributed by atoms with E-state index in [2.05, 4.69) is 28.9 Å². The lowest BCUT2D eigenvalue weighted by Crippen LogP contribution is -2.49. The van der Waals surface area contributed by atoms with E-state index < -0.39 is 6.10 Å². The fourth-order valence-corrected chi connectivity index (χ4v) is 4.01. The zero-order valence-electron chi connectivity index (χ0n) is 15.6. The van der Waals surface area contributed by atoms with Gasteiger partial charge < -0.3 is 19.5 Å². The molecule has 1 aliphatic heterocycles. The number of piperazine rings is 1. The molecule has 140 valence electrons. The number of hydrogen-bond acceptors (Lipinski definition) is 5. The third-order valence-electron chi connectivity index (χ3n) is 5.55. The summed E-state index contributed by atoms with van der Waals surface area (Å²) < 4.78 is 11.4. The molecule has 0 unspecified atom stereocenters. The lowest BCUT2D eigenvalue weighted by atomic mass is 10.1. The molecule has 0 radical (unpaired) electrons. The van der Waals surface area contributed by atoms with Crippen LogP contribution in [-0.4, -0.2) is 68.7 Å². The molecular formula is C20H32N2O3. The van der Waals surface area contributed by atoms with Gasteiger partial charge in [0, 0.05) is 32.7 Å². The molecule has 0 aromatic heterocycles. The number of nitrogens with zero attached hydrogens (tertiary/aromatic N) is 2. The van der Waals surface area contributed by atoms with Crippen molar-refractivity contribution >= 4 is 5.69 Å². The highest BCUT2D eigenvalue weighted by Gasteiger charge is 2.26. The standard InChI is InChI=1S/C20H32N2O3/c1-16-6-5-9-19(16)25-15-17(23)14-21-10-12-22(13-11-21)18-7-3-4-8-20(18)24-2/h3-4,7-8,16-17,19,23H,5-6,9-15H2,1-2H3/t16-,17-,19-/m1/s1. The highest BCUT2D eigenvalue weighted by Crippen LogP contribution is 2.29. The van der Waals surface area contributed by atoms with Crippen molar-refractivity contribution in [2.24, 2.45) is 5.92 Å². The molecule has 1 aromatic carbocycles. The molecule has 2 fully saturated rings. The van der Waals surface area contributed by atoms with Gasteiger partial charge in [-0.05, 0) is 30.9 Å². The molecule has 3 rings (SSSR count). The minimum Gasteiger partial charge on any atom is -0.495 e. The van der Waals surface area contributed by atoms with Crippen LogP contribution in [0.2, 0.25) is 0 Å². The van der Waals surface area contributed by atoms with Gasteiger partial charge in [0.15, 0.2) is 0 Å². The Morgan fingerprint density at radius 3 is 2.60 bits per heavy atom. The Kier molecular flexibility index (Phi) is 6.57. The monoisotopic (exact) mass is 348 g/mol. The number of β-amino-alcohol motifs (C(OH)–C–C–N with tert-alkyl or cyclic N) is 1. The maximum absolute atomic E-state index is 10.3. The number of benzene rings is 1. The first-order valence-corrected chi connectivity index (χ1v) is 9.57. The second-order valence-corrected chi connectivity index (χ2v) is 7.39. The molecule has 0 amide bonds. The molecule has 3 atom stereocenters. The van der Waals surface area contributed by atoms with Crippen LogP contribution in [0.15, 0.2) is 24.3 Å². The van der Waals surface area contributed by atoms with Crippen LogP contribution in [0.3, 0.4) is 0 Å². The molecule has 5 nitrogen and oxygen atoms in total. The predicted molar refractivity (Wildman–Crippen MR) is 100 cm³/mol. The maximum Gasteiger partial charge on any atom is 0.142 e. The largest absolute Gasteiger partial charge is 0.495 e. The highest BCUT2D eigenvalue weighted by atomic mass is 16.5. The number of aliphatic hydroxyl groups is 1. The van der Waals surface area contributed by atoms with Gasteiger partial charge in [-0.2, -0.15) is 0 Å². The number of methoxy groups -OCH3 is 1. The summed E-state index contributed by atoms with van der Waals surface area (Å²) in [6.45, 7) is 7.22. The smallest absolute Gasteiger partial charge is 0.142 e. The van der Waals surface area contributed by atoms with Gasteiger partial charge in [-0.15, -0.1) is 0 Å². The third-order valence-corrected chi connectivity index (χ3v) is 5.55. The van der Waals surface area contributed by atoms with Crippen molar-refractivity contribution in [1.29, 1.82) is 0 Å². The molecule has 1 saturated carbocycles. The molecule has 1 heterocycles. The van der Waals surface area contributed by atoms with E-state index in [4.69, 9.17) is 9.47 Å². The minimum absolute atomic E-state index is 0.344. The van der Waals surface area contributed by atoms with Crippen LogP contribution in [0, 0.1) is 5.92 Å². The van der Waals surface area contributed by atoms with Crippen LogP contribution in [0.5, 0.6) is 5.75 Å². The van der Waals surface area contributed by atoms with E-state index in [-0.39, 0.29) is 0 Å². The predicted octanol–water partition coefficient (Wildman–Crippen LogP) is 2.38. The van der Waals surface area contributed by atoms with Crippen molar-refractivity contribution in [2.45, 2.75) is 38.4 Å². The van der Waals surface area contributed by atoms with Crippen molar-refractivity contribution in [3.63, 3.8) is 0 Å². The fourth-order valence-electron chi connectivity index (χ4n) is 4.01. The molecule has 2 aliphatic rings. The molecule has 1 aliphatic carbocycles. The summed E-state index contributed by atoms with van der Waals surface area (Å²) in [5.74, 6) is 1.56. The van der Waals surface area contributed by atoms with Crippen LogP contribution >= 0.6 is 0 Å². The zero-order valence-corrected chi connectivity index (χ0v) is 15.6. The first kappa shape index (κ1) is 18.5. The Morgan fingerprint density at radius 2 is 1.92 bits per heavy atom. The summed E-state index contributed by atoms with van der Waals surface area (Å²) in [6, 6.07) is 8.17. The Balaban J connectivity index is 1.41. The second kappa shape index (κ2) is 8.88. The van der Waals surface area contributed by atoms with Crippen LogP contribution in [-0.2, 0) is 4.74 Å². The van der Waals surface area contributed by atoms with Crippen molar-refractivity contribution in [3.8, 4) is 5.75 Å². The molecule has 1 N–H and O–H groups in total. The topological polar surface area (TPSA) is 45.2 Å². The van der Waals surface area contributed by atoms with E-state index >= 15 is 0 Å². The van der Waals surface area contributed by atoms with E-state index in [0.717, 1.165) is 44.0 Å². The Labute approximate surface area is 151 Å². The van der Waals surface area contributed by atoms with Gasteiger partial charge in [0.2, 0.25) is 0 Å². The van der Waals surface area contributed by atoms with Crippen molar-refractivity contribution in [3.05, 3.63) is 24.3 Å². The lowest BCUT2D eigenvalue weighted by molar-refractivity contribution is -0.0321. The number of hydrogen-bond donors (Lipinski definition) is 1. The van der Waals surface area contributed by atoms with Gasteiger partial charge in [-0.3, -0.25) is 4.90 Å². The molecular weight excluding hydrogens is 316 g/mol. The van der Waals surface area contributed by atoms with Crippen LogP contribution in [0.4, 0.5) is 5.69 Å². The second-order valence-electron chi connectivity index (χ2n) is 7.39. The number of para-hydroxylation sites is 2. The van der Waals surface area contributed by atoms with E-state index in [9.17, 15) is 5.11 Å². The summed E-state index contributed by atoms with van der Waals surface area (Å²) in [5.41, 5.74) is 1.16. The van der Waals surface area contributed by atoms with Crippen LogP contribution < -0.4 is 9.64 Å². The summed E-state index contributed by atoms with van der Waals surface area (Å²) in [5, 5.41) is 10.3. The quantitative estimate of drug-likeness (QED) is 0.820. The van der Waals surface area contributed by atoms with Crippen molar-refractivity contribution in [1.82, 2.24) is 4.90 Å². The first-order valence-electron chi connectivity index (χ1n) is 9.57. The van der Waals surface area contributed by atoms with Gasteiger partial charge in [0.25, 0.3) is 0 Å². The molecule has 0 bridgehead atoms. The number of anilines is 1. The Hall–Kier alpha value is -1.30. The van der Waals surface area contributed by atoms with E-state index in [1.807, 2.05) is 12.1 Å². The third kappa shape index (κ3) is 4.87. The molecule has 1 saturated heterocycles. The highest BCUT2D eigenvalue weighted by molar-refractivity contribution is 5.58. The van der Waals surface area contributed by atoms with Crippen molar-refractivity contribution in [2.75, 3.05) is 51.3 Å². The minimum atomic E-state index is -0.398. The number of ether oxygens (including phenoxy) is 2. The van der Waals surface area contributed by atoms with Gasteiger partial charge >= 0.3 is 0 Å². The average Bonchev–Trinajstić information content (AvgIpc) is 3.05. The molecule has 1 aromatic rings. The maximum atomic E-state index is 10.3. The number of rotatable bonds is 7. The van der Waals surface area contributed by atoms with Gasteiger partial charge in [-0.1, -0.05) is 25.5 Å². The number of aliphatic hydroxyl groups excluding tert-OH is 1. The Morgan fingerprint density at radius 1 is 1.16 bits per heavy atom. The fraction of sp³-hybridized carbons (Fsp3) is 0.700. The average molecular weight is 348 g/mol. The normalized spacial score (nSPS) is 26.0. The summed E-state index contributed by atoms with van der Waals surface area (Å²) >= 11 is 0. The molecule has 0 spiro atoms. The molecule has 5 heteroatoms.